The molecule has 98 valence electrons. The van der Waals surface area contributed by atoms with Crippen LogP contribution in [0.3, 0.4) is 0 Å². The van der Waals surface area contributed by atoms with Crippen LogP contribution in [0, 0.1) is 12.3 Å². The number of rotatable bonds is 5. The van der Waals surface area contributed by atoms with Crippen molar-refractivity contribution in [2.45, 2.75) is 40.2 Å². The number of nitrogens with zero attached hydrogens (tertiary/aromatic N) is 1. The highest BCUT2D eigenvalue weighted by atomic mass is 14.9. The van der Waals surface area contributed by atoms with Gasteiger partial charge in [0, 0.05) is 23.6 Å². The van der Waals surface area contributed by atoms with Crippen molar-refractivity contribution in [1.29, 1.82) is 0 Å². The fourth-order valence-corrected chi connectivity index (χ4v) is 2.40. The average molecular weight is 244 g/mol. The van der Waals surface area contributed by atoms with E-state index in [1.54, 1.807) is 0 Å². The Morgan fingerprint density at radius 1 is 1.22 bits per heavy atom. The van der Waals surface area contributed by atoms with Crippen molar-refractivity contribution in [3.05, 3.63) is 36.0 Å². The summed E-state index contributed by atoms with van der Waals surface area (Å²) in [6.07, 6.45) is 4.56. The second-order valence-corrected chi connectivity index (χ2v) is 5.99. The molecule has 0 atom stereocenters. The summed E-state index contributed by atoms with van der Waals surface area (Å²) in [5, 5.41) is 1.37. The molecular weight excluding hydrogens is 220 g/mol. The number of nitrogens with two attached hydrogens (primary N) is 1. The number of benzene rings is 1. The van der Waals surface area contributed by atoms with Crippen LogP contribution < -0.4 is 5.73 Å². The maximum atomic E-state index is 5.77. The van der Waals surface area contributed by atoms with Gasteiger partial charge in [-0.25, -0.2) is 0 Å². The van der Waals surface area contributed by atoms with E-state index >= 15 is 0 Å². The molecule has 0 unspecified atom stereocenters. The maximum Gasteiger partial charge on any atom is 0.0482 e. The highest BCUT2D eigenvalue weighted by Crippen LogP contribution is 2.23. The van der Waals surface area contributed by atoms with Crippen molar-refractivity contribution < 1.29 is 0 Å². The first kappa shape index (κ1) is 13.2. The first-order valence-electron chi connectivity index (χ1n) is 6.78. The summed E-state index contributed by atoms with van der Waals surface area (Å²) in [7, 11) is 0. The predicted octanol–water partition coefficient (Wildman–Crippen LogP) is 3.71. The molecule has 0 aliphatic heterocycles. The number of aromatic nitrogens is 1. The van der Waals surface area contributed by atoms with Gasteiger partial charge in [0.1, 0.15) is 0 Å². The van der Waals surface area contributed by atoms with E-state index in [-0.39, 0.29) is 5.41 Å². The molecule has 0 saturated heterocycles. The summed E-state index contributed by atoms with van der Waals surface area (Å²) in [5.74, 6) is 0. The third-order valence-corrected chi connectivity index (χ3v) is 3.84. The summed E-state index contributed by atoms with van der Waals surface area (Å²) in [6.45, 7) is 8.49. The average Bonchev–Trinajstić information content (AvgIpc) is 2.74. The first-order valence-corrected chi connectivity index (χ1v) is 6.78. The minimum Gasteiger partial charge on any atom is -0.347 e. The summed E-state index contributed by atoms with van der Waals surface area (Å²) in [6, 6.07) is 8.73. The third kappa shape index (κ3) is 2.75. The van der Waals surface area contributed by atoms with Gasteiger partial charge in [0.2, 0.25) is 0 Å². The third-order valence-electron chi connectivity index (χ3n) is 3.84. The van der Waals surface area contributed by atoms with Crippen molar-refractivity contribution >= 4 is 10.9 Å². The molecule has 18 heavy (non-hydrogen) atoms. The van der Waals surface area contributed by atoms with Gasteiger partial charge in [-0.2, -0.15) is 0 Å². The largest absolute Gasteiger partial charge is 0.347 e. The fraction of sp³-hybridized carbons (Fsp3) is 0.500. The molecule has 0 spiro atoms. The molecule has 0 aliphatic carbocycles. The highest BCUT2D eigenvalue weighted by molar-refractivity contribution is 5.83. The predicted molar refractivity (Wildman–Crippen MR) is 78.7 cm³/mol. The van der Waals surface area contributed by atoms with Crippen molar-refractivity contribution in [1.82, 2.24) is 4.57 Å². The minimum absolute atomic E-state index is 0.263. The smallest absolute Gasteiger partial charge is 0.0482 e. The topological polar surface area (TPSA) is 30.9 Å². The molecule has 2 N–H and O–H groups in total. The minimum atomic E-state index is 0.263. The second-order valence-electron chi connectivity index (χ2n) is 5.99. The van der Waals surface area contributed by atoms with Crippen LogP contribution in [0.1, 0.15) is 32.3 Å². The molecule has 2 heteroatoms. The highest BCUT2D eigenvalue weighted by Gasteiger charge is 2.14. The number of hydrogen-bond donors (Lipinski definition) is 1. The van der Waals surface area contributed by atoms with Crippen molar-refractivity contribution in [2.75, 3.05) is 6.54 Å². The summed E-state index contributed by atoms with van der Waals surface area (Å²) >= 11 is 0. The lowest BCUT2D eigenvalue weighted by Gasteiger charge is -2.22. The Balaban J connectivity index is 2.07. The van der Waals surface area contributed by atoms with Gasteiger partial charge in [0.05, 0.1) is 0 Å². The summed E-state index contributed by atoms with van der Waals surface area (Å²) in [5.41, 5.74) is 8.73. The second kappa shape index (κ2) is 5.15. The van der Waals surface area contributed by atoms with Gasteiger partial charge in [-0.05, 0) is 49.4 Å². The zero-order valence-corrected chi connectivity index (χ0v) is 11.7. The van der Waals surface area contributed by atoms with Crippen LogP contribution in [-0.4, -0.2) is 11.1 Å². The zero-order chi connectivity index (χ0) is 13.2. The van der Waals surface area contributed by atoms with Crippen molar-refractivity contribution in [3.8, 4) is 0 Å². The lowest BCUT2D eigenvalue weighted by Crippen LogP contribution is -2.23. The molecule has 1 heterocycles. The van der Waals surface area contributed by atoms with E-state index in [0.717, 1.165) is 13.1 Å². The molecule has 0 fully saturated rings. The van der Waals surface area contributed by atoms with Gasteiger partial charge in [-0.15, -0.1) is 0 Å². The molecular formula is C16H24N2. The van der Waals surface area contributed by atoms with Crippen LogP contribution in [-0.2, 0) is 6.54 Å². The Hall–Kier alpha value is -1.28. The number of fused-ring (bicyclic) bond motifs is 1. The van der Waals surface area contributed by atoms with Crippen molar-refractivity contribution in [3.63, 3.8) is 0 Å². The van der Waals surface area contributed by atoms with Crippen LogP contribution in [0.15, 0.2) is 30.5 Å². The standard InChI is InChI=1S/C16H24N2/c1-13-6-4-7-15-14(13)8-11-18(15)10-5-9-16(2,3)12-17/h4,6-8,11H,5,9-10,12,17H2,1-3H3. The summed E-state index contributed by atoms with van der Waals surface area (Å²) < 4.78 is 2.36. The Labute approximate surface area is 110 Å². The molecule has 2 nitrogen and oxygen atoms in total. The van der Waals surface area contributed by atoms with E-state index in [1.165, 1.54) is 29.3 Å². The number of aryl methyl sites for hydroxylation is 2. The van der Waals surface area contributed by atoms with E-state index in [2.05, 4.69) is 55.8 Å². The number of hydrogen-bond acceptors (Lipinski definition) is 1. The molecule has 0 amide bonds. The van der Waals surface area contributed by atoms with Crippen molar-refractivity contribution in [2.24, 2.45) is 11.1 Å². The van der Waals surface area contributed by atoms with E-state index in [1.807, 2.05) is 0 Å². The molecule has 2 rings (SSSR count). The van der Waals surface area contributed by atoms with Crippen LogP contribution >= 0.6 is 0 Å². The molecule has 1 aromatic carbocycles. The van der Waals surface area contributed by atoms with Gasteiger partial charge in [-0.1, -0.05) is 26.0 Å². The molecule has 0 bridgehead atoms. The Kier molecular flexibility index (Phi) is 3.76. The van der Waals surface area contributed by atoms with E-state index in [4.69, 9.17) is 5.73 Å². The molecule has 2 aromatic rings. The van der Waals surface area contributed by atoms with Gasteiger partial charge in [0.15, 0.2) is 0 Å². The summed E-state index contributed by atoms with van der Waals surface area (Å²) in [4.78, 5) is 0. The van der Waals surface area contributed by atoms with Gasteiger partial charge < -0.3 is 10.3 Å². The van der Waals surface area contributed by atoms with Gasteiger partial charge >= 0.3 is 0 Å². The van der Waals surface area contributed by atoms with Gasteiger partial charge in [-0.3, -0.25) is 0 Å². The van der Waals surface area contributed by atoms with E-state index in [9.17, 15) is 0 Å². The first-order chi connectivity index (χ1) is 8.53. The van der Waals surface area contributed by atoms with Gasteiger partial charge in [0.25, 0.3) is 0 Å². The van der Waals surface area contributed by atoms with E-state index < -0.39 is 0 Å². The lowest BCUT2D eigenvalue weighted by atomic mass is 9.88. The molecule has 0 aliphatic rings. The Morgan fingerprint density at radius 2 is 2.00 bits per heavy atom. The van der Waals surface area contributed by atoms with Crippen LogP contribution in [0.4, 0.5) is 0 Å². The maximum absolute atomic E-state index is 5.77. The quantitative estimate of drug-likeness (QED) is 0.854. The molecule has 1 aromatic heterocycles. The Bertz CT molecular complexity index is 523. The Morgan fingerprint density at radius 3 is 2.72 bits per heavy atom. The normalized spacial score (nSPS) is 12.2. The lowest BCUT2D eigenvalue weighted by molar-refractivity contribution is 0.328. The van der Waals surface area contributed by atoms with Crippen LogP contribution in [0.5, 0.6) is 0 Å². The van der Waals surface area contributed by atoms with E-state index in [0.29, 0.717) is 0 Å². The molecule has 0 radical (unpaired) electrons. The molecule has 0 saturated carbocycles. The SMILES string of the molecule is Cc1cccc2c1ccn2CCCC(C)(C)CN. The monoisotopic (exact) mass is 244 g/mol. The fourth-order valence-electron chi connectivity index (χ4n) is 2.40. The van der Waals surface area contributed by atoms with Crippen LogP contribution in [0.2, 0.25) is 0 Å². The zero-order valence-electron chi connectivity index (χ0n) is 11.7. The van der Waals surface area contributed by atoms with Crippen LogP contribution in [0.25, 0.3) is 10.9 Å².